The van der Waals surface area contributed by atoms with Gasteiger partial charge in [-0.15, -0.1) is 0 Å². The van der Waals surface area contributed by atoms with E-state index < -0.39 is 4.92 Å². The van der Waals surface area contributed by atoms with Crippen LogP contribution in [0.15, 0.2) is 66.9 Å². The third-order valence-corrected chi connectivity index (χ3v) is 6.64. The van der Waals surface area contributed by atoms with Crippen molar-refractivity contribution in [1.29, 1.82) is 0 Å². The minimum Gasteiger partial charge on any atom is -0.378 e. The minimum absolute atomic E-state index is 0.102. The maximum absolute atomic E-state index is 13.7. The van der Waals surface area contributed by atoms with E-state index in [1.54, 1.807) is 24.4 Å². The van der Waals surface area contributed by atoms with Gasteiger partial charge in [-0.25, -0.2) is 4.98 Å². The third kappa shape index (κ3) is 4.45. The van der Waals surface area contributed by atoms with Gasteiger partial charge in [-0.1, -0.05) is 29.5 Å². The summed E-state index contributed by atoms with van der Waals surface area (Å²) in [5, 5.41) is 12.4. The SMILES string of the molecule is O=C(c1ccc(N2CCOCC2)c([N+](=O)[O-])c1)N(Cc1ccccn1)c1nc2ccccc2s1. The summed E-state index contributed by atoms with van der Waals surface area (Å²) < 4.78 is 6.31. The molecular formula is C24H21N5O4S. The van der Waals surface area contributed by atoms with E-state index in [2.05, 4.69) is 9.97 Å². The Morgan fingerprint density at radius 2 is 1.91 bits per heavy atom. The zero-order valence-corrected chi connectivity index (χ0v) is 19.0. The summed E-state index contributed by atoms with van der Waals surface area (Å²) in [7, 11) is 0. The van der Waals surface area contributed by atoms with Gasteiger partial charge in [-0.3, -0.25) is 24.8 Å². The number of nitrogens with zero attached hydrogens (tertiary/aromatic N) is 5. The van der Waals surface area contributed by atoms with Crippen molar-refractivity contribution < 1.29 is 14.5 Å². The van der Waals surface area contributed by atoms with Gasteiger partial charge in [0.1, 0.15) is 5.69 Å². The first-order valence-electron chi connectivity index (χ1n) is 10.8. The minimum atomic E-state index is -0.442. The Balaban J connectivity index is 1.53. The molecule has 3 heterocycles. The van der Waals surface area contributed by atoms with Crippen molar-refractivity contribution in [1.82, 2.24) is 9.97 Å². The van der Waals surface area contributed by atoms with Crippen LogP contribution in [0.5, 0.6) is 0 Å². The van der Waals surface area contributed by atoms with Crippen molar-refractivity contribution in [2.45, 2.75) is 6.54 Å². The summed E-state index contributed by atoms with van der Waals surface area (Å²) in [6.07, 6.45) is 1.66. The molecule has 1 amide bonds. The lowest BCUT2D eigenvalue weighted by molar-refractivity contribution is -0.384. The van der Waals surface area contributed by atoms with Gasteiger partial charge in [-0.05, 0) is 36.4 Å². The lowest BCUT2D eigenvalue weighted by Gasteiger charge is -2.28. The first-order valence-corrected chi connectivity index (χ1v) is 11.6. The molecule has 0 N–H and O–H groups in total. The molecule has 10 heteroatoms. The third-order valence-electron chi connectivity index (χ3n) is 5.58. The fourth-order valence-corrected chi connectivity index (χ4v) is 4.85. The Morgan fingerprint density at radius 1 is 1.12 bits per heavy atom. The second-order valence-electron chi connectivity index (χ2n) is 7.74. The van der Waals surface area contributed by atoms with Crippen LogP contribution in [-0.2, 0) is 11.3 Å². The first-order chi connectivity index (χ1) is 16.6. The Morgan fingerprint density at radius 3 is 2.65 bits per heavy atom. The fourth-order valence-electron chi connectivity index (χ4n) is 3.89. The topological polar surface area (TPSA) is 102 Å². The fraction of sp³-hybridized carbons (Fsp3) is 0.208. The highest BCUT2D eigenvalue weighted by Crippen LogP contribution is 2.33. The molecule has 1 saturated heterocycles. The van der Waals surface area contributed by atoms with Crippen molar-refractivity contribution >= 4 is 44.0 Å². The molecule has 34 heavy (non-hydrogen) atoms. The molecule has 0 saturated carbocycles. The molecule has 5 rings (SSSR count). The van der Waals surface area contributed by atoms with Gasteiger partial charge in [0, 0.05) is 30.9 Å². The van der Waals surface area contributed by atoms with Gasteiger partial charge >= 0.3 is 0 Å². The number of morpholine rings is 1. The number of hydrogen-bond donors (Lipinski definition) is 0. The summed E-state index contributed by atoms with van der Waals surface area (Å²) in [5.41, 5.74) is 2.08. The van der Waals surface area contributed by atoms with Gasteiger partial charge in [-0.2, -0.15) is 0 Å². The van der Waals surface area contributed by atoms with Gasteiger partial charge in [0.15, 0.2) is 5.13 Å². The second-order valence-corrected chi connectivity index (χ2v) is 8.75. The number of pyridine rings is 1. The normalized spacial score (nSPS) is 13.7. The standard InChI is InChI=1S/C24H21N5O4S/c30-23(17-8-9-20(21(15-17)29(31)32)27-11-13-33-14-12-27)28(16-18-5-3-4-10-25-18)24-26-19-6-1-2-7-22(19)34-24/h1-10,15H,11-14,16H2. The van der Waals surface area contributed by atoms with Crippen LogP contribution in [0.4, 0.5) is 16.5 Å². The van der Waals surface area contributed by atoms with Crippen molar-refractivity contribution in [2.75, 3.05) is 36.1 Å². The van der Waals surface area contributed by atoms with Crippen LogP contribution in [0.2, 0.25) is 0 Å². The molecule has 1 aliphatic rings. The van der Waals surface area contributed by atoms with E-state index in [1.807, 2.05) is 41.3 Å². The lowest BCUT2D eigenvalue weighted by Crippen LogP contribution is -2.36. The number of benzene rings is 2. The second kappa shape index (κ2) is 9.54. The molecule has 0 atom stereocenters. The molecule has 0 bridgehead atoms. The smallest absolute Gasteiger partial charge is 0.293 e. The van der Waals surface area contributed by atoms with Gasteiger partial charge in [0.2, 0.25) is 0 Å². The van der Waals surface area contributed by atoms with Gasteiger partial charge in [0.25, 0.3) is 11.6 Å². The molecule has 2 aromatic carbocycles. The van der Waals surface area contributed by atoms with Crippen LogP contribution in [0.1, 0.15) is 16.1 Å². The number of nitro benzene ring substituents is 1. The van der Waals surface area contributed by atoms with Crippen molar-refractivity contribution in [3.05, 3.63) is 88.2 Å². The summed E-state index contributed by atoms with van der Waals surface area (Å²) in [6, 6.07) is 17.8. The first kappa shape index (κ1) is 21.9. The summed E-state index contributed by atoms with van der Waals surface area (Å²) in [6.45, 7) is 2.33. The largest absolute Gasteiger partial charge is 0.378 e. The maximum atomic E-state index is 13.7. The Labute approximate surface area is 199 Å². The zero-order valence-electron chi connectivity index (χ0n) is 18.2. The zero-order chi connectivity index (χ0) is 23.5. The molecule has 0 unspecified atom stereocenters. The predicted molar refractivity (Wildman–Crippen MR) is 130 cm³/mol. The van der Waals surface area contributed by atoms with Crippen LogP contribution in [0.25, 0.3) is 10.2 Å². The highest BCUT2D eigenvalue weighted by atomic mass is 32.1. The lowest BCUT2D eigenvalue weighted by atomic mass is 10.1. The number of para-hydroxylation sites is 1. The summed E-state index contributed by atoms with van der Waals surface area (Å²) >= 11 is 1.39. The van der Waals surface area contributed by atoms with Crippen LogP contribution in [-0.4, -0.2) is 47.1 Å². The molecule has 1 fully saturated rings. The number of amides is 1. The number of nitro groups is 1. The summed E-state index contributed by atoms with van der Waals surface area (Å²) in [5.74, 6) is -0.374. The van der Waals surface area contributed by atoms with Crippen LogP contribution >= 0.6 is 11.3 Å². The summed E-state index contributed by atoms with van der Waals surface area (Å²) in [4.78, 5) is 37.6. The van der Waals surface area contributed by atoms with Crippen LogP contribution < -0.4 is 9.80 Å². The molecule has 9 nitrogen and oxygen atoms in total. The van der Waals surface area contributed by atoms with E-state index in [0.717, 1.165) is 10.2 Å². The van der Waals surface area contributed by atoms with Crippen molar-refractivity contribution in [3.8, 4) is 0 Å². The average Bonchev–Trinajstić information content (AvgIpc) is 3.31. The van der Waals surface area contributed by atoms with E-state index in [0.29, 0.717) is 42.8 Å². The predicted octanol–water partition coefficient (Wildman–Crippen LogP) is 4.28. The Hall–Kier alpha value is -3.89. The molecule has 1 aliphatic heterocycles. The van der Waals surface area contributed by atoms with E-state index in [4.69, 9.17) is 4.74 Å². The maximum Gasteiger partial charge on any atom is 0.293 e. The van der Waals surface area contributed by atoms with Crippen molar-refractivity contribution in [3.63, 3.8) is 0 Å². The number of fused-ring (bicyclic) bond motifs is 1. The number of carbonyl (C=O) groups is 1. The monoisotopic (exact) mass is 475 g/mol. The molecule has 172 valence electrons. The van der Waals surface area contributed by atoms with Crippen LogP contribution in [0, 0.1) is 10.1 Å². The average molecular weight is 476 g/mol. The molecule has 0 spiro atoms. The molecule has 0 radical (unpaired) electrons. The highest BCUT2D eigenvalue weighted by molar-refractivity contribution is 7.22. The molecule has 4 aromatic rings. The number of ether oxygens (including phenoxy) is 1. The molecule has 2 aromatic heterocycles. The number of hydrogen-bond acceptors (Lipinski definition) is 8. The number of carbonyl (C=O) groups excluding carboxylic acids is 1. The van der Waals surface area contributed by atoms with E-state index in [-0.39, 0.29) is 23.7 Å². The number of rotatable bonds is 6. The van der Waals surface area contributed by atoms with E-state index in [1.165, 1.54) is 22.3 Å². The Bertz CT molecular complexity index is 1300. The molecule has 0 aliphatic carbocycles. The van der Waals surface area contributed by atoms with Crippen molar-refractivity contribution in [2.24, 2.45) is 0 Å². The van der Waals surface area contributed by atoms with Gasteiger partial charge in [0.05, 0.1) is 40.6 Å². The quantitative estimate of drug-likeness (QED) is 0.303. The number of aromatic nitrogens is 2. The highest BCUT2D eigenvalue weighted by Gasteiger charge is 2.27. The number of anilines is 2. The van der Waals surface area contributed by atoms with E-state index >= 15 is 0 Å². The van der Waals surface area contributed by atoms with Gasteiger partial charge < -0.3 is 9.64 Å². The molecular weight excluding hydrogens is 454 g/mol. The van der Waals surface area contributed by atoms with E-state index in [9.17, 15) is 14.9 Å². The Kier molecular flexibility index (Phi) is 6.15. The van der Waals surface area contributed by atoms with Crippen LogP contribution in [0.3, 0.4) is 0 Å². The number of thiazole rings is 1.